The Morgan fingerprint density at radius 2 is 1.78 bits per heavy atom. The summed E-state index contributed by atoms with van der Waals surface area (Å²) in [6.07, 6.45) is 7.07. The molecule has 0 aliphatic heterocycles. The summed E-state index contributed by atoms with van der Waals surface area (Å²) in [6, 6.07) is 15.2. The van der Waals surface area contributed by atoms with E-state index in [4.69, 9.17) is 5.11 Å². The van der Waals surface area contributed by atoms with Crippen LogP contribution in [0.25, 0.3) is 6.08 Å². The molecule has 2 aromatic rings. The van der Waals surface area contributed by atoms with Crippen LogP contribution in [0.2, 0.25) is 0 Å². The van der Waals surface area contributed by atoms with Crippen LogP contribution in [0, 0.1) is 18.3 Å². The SMILES string of the molecule is Cc1cc(CN(C)C[C@H](O)CNC(C)(C)CC2Cc3ccccc3C2)ccc1/C=C/C(C)(C)CC(=O)O. The Morgan fingerprint density at radius 1 is 1.14 bits per heavy atom. The number of rotatable bonds is 13. The Bertz CT molecular complexity index is 1060. The van der Waals surface area contributed by atoms with Crippen molar-refractivity contribution in [2.75, 3.05) is 20.1 Å². The zero-order valence-corrected chi connectivity index (χ0v) is 23.6. The van der Waals surface area contributed by atoms with Crippen LogP contribution < -0.4 is 5.32 Å². The monoisotopic (exact) mass is 506 g/mol. The summed E-state index contributed by atoms with van der Waals surface area (Å²) in [5.74, 6) is -0.130. The maximum Gasteiger partial charge on any atom is 0.304 e. The molecule has 0 saturated heterocycles. The number of fused-ring (bicyclic) bond motifs is 1. The highest BCUT2D eigenvalue weighted by molar-refractivity contribution is 5.68. The van der Waals surface area contributed by atoms with Crippen LogP contribution in [0.3, 0.4) is 0 Å². The molecule has 1 aliphatic rings. The zero-order valence-electron chi connectivity index (χ0n) is 23.6. The molecule has 1 aliphatic carbocycles. The van der Waals surface area contributed by atoms with Crippen LogP contribution in [-0.4, -0.2) is 52.9 Å². The van der Waals surface area contributed by atoms with Gasteiger partial charge in [-0.15, -0.1) is 0 Å². The average molecular weight is 507 g/mol. The van der Waals surface area contributed by atoms with Gasteiger partial charge in [-0.2, -0.15) is 0 Å². The second kappa shape index (κ2) is 12.4. The maximum absolute atomic E-state index is 11.1. The first-order valence-corrected chi connectivity index (χ1v) is 13.5. The van der Waals surface area contributed by atoms with Crippen molar-refractivity contribution in [1.82, 2.24) is 10.2 Å². The molecule has 0 fully saturated rings. The Balaban J connectivity index is 1.44. The maximum atomic E-state index is 11.1. The smallest absolute Gasteiger partial charge is 0.304 e. The molecule has 3 N–H and O–H groups in total. The normalized spacial score (nSPS) is 15.5. The third-order valence-corrected chi connectivity index (χ3v) is 7.38. The largest absolute Gasteiger partial charge is 0.481 e. The van der Waals surface area contributed by atoms with Crippen molar-refractivity contribution < 1.29 is 15.0 Å². The Morgan fingerprint density at radius 3 is 2.38 bits per heavy atom. The van der Waals surface area contributed by atoms with Crippen LogP contribution in [0.4, 0.5) is 0 Å². The van der Waals surface area contributed by atoms with Crippen molar-refractivity contribution in [3.05, 3.63) is 76.4 Å². The first-order valence-electron chi connectivity index (χ1n) is 13.5. The van der Waals surface area contributed by atoms with Gasteiger partial charge in [0.05, 0.1) is 12.5 Å². The number of hydrogen-bond donors (Lipinski definition) is 3. The van der Waals surface area contributed by atoms with Gasteiger partial charge < -0.3 is 15.5 Å². The molecule has 0 saturated carbocycles. The van der Waals surface area contributed by atoms with Crippen LogP contribution >= 0.6 is 0 Å². The van der Waals surface area contributed by atoms with Crippen LogP contribution in [-0.2, 0) is 24.2 Å². The molecule has 0 heterocycles. The van der Waals surface area contributed by atoms with Gasteiger partial charge in [0.2, 0.25) is 0 Å². The van der Waals surface area contributed by atoms with Crippen molar-refractivity contribution in [2.45, 2.75) is 78.5 Å². The number of β-amino-alcohol motifs (C(OH)–C–C–N with tert-alkyl or cyclic N) is 1. The lowest BCUT2D eigenvalue weighted by Crippen LogP contribution is -2.47. The van der Waals surface area contributed by atoms with Gasteiger partial charge >= 0.3 is 5.97 Å². The van der Waals surface area contributed by atoms with Crippen LogP contribution in [0.1, 0.15) is 68.4 Å². The summed E-state index contributed by atoms with van der Waals surface area (Å²) < 4.78 is 0. The summed E-state index contributed by atoms with van der Waals surface area (Å²) in [5, 5.41) is 23.4. The molecular weight excluding hydrogens is 460 g/mol. The van der Waals surface area contributed by atoms with Crippen LogP contribution in [0.15, 0.2) is 48.5 Å². The topological polar surface area (TPSA) is 72.8 Å². The molecule has 2 aromatic carbocycles. The van der Waals surface area contributed by atoms with Gasteiger partial charge in [-0.3, -0.25) is 9.69 Å². The molecule has 1 atom stereocenters. The van der Waals surface area contributed by atoms with Crippen molar-refractivity contribution in [3.8, 4) is 0 Å². The number of aryl methyl sites for hydroxylation is 1. The fourth-order valence-electron chi connectivity index (χ4n) is 5.57. The second-order valence-electron chi connectivity index (χ2n) is 12.4. The van der Waals surface area contributed by atoms with E-state index in [1.807, 2.05) is 33.0 Å². The molecule has 37 heavy (non-hydrogen) atoms. The lowest BCUT2D eigenvalue weighted by atomic mass is 9.88. The average Bonchev–Trinajstić information content (AvgIpc) is 3.18. The number of nitrogens with one attached hydrogen (secondary N) is 1. The highest BCUT2D eigenvalue weighted by Crippen LogP contribution is 2.32. The summed E-state index contributed by atoms with van der Waals surface area (Å²) in [5.41, 5.74) is 6.03. The van der Waals surface area contributed by atoms with Gasteiger partial charge in [-0.25, -0.2) is 0 Å². The predicted molar refractivity (Wildman–Crippen MR) is 153 cm³/mol. The number of carbonyl (C=O) groups is 1. The molecule has 0 unspecified atom stereocenters. The minimum absolute atomic E-state index is 0.0221. The van der Waals surface area contributed by atoms with E-state index in [2.05, 4.69) is 73.5 Å². The van der Waals surface area contributed by atoms with E-state index in [-0.39, 0.29) is 12.0 Å². The molecule has 5 nitrogen and oxygen atoms in total. The number of hydrogen-bond acceptors (Lipinski definition) is 4. The number of carboxylic acid groups (broad SMARTS) is 1. The molecule has 5 heteroatoms. The molecule has 0 spiro atoms. The third kappa shape index (κ3) is 9.41. The van der Waals surface area contributed by atoms with Crippen molar-refractivity contribution >= 4 is 12.0 Å². The number of allylic oxidation sites excluding steroid dienone is 1. The van der Waals surface area contributed by atoms with E-state index in [0.717, 1.165) is 36.9 Å². The molecule has 202 valence electrons. The van der Waals surface area contributed by atoms with Gasteiger partial charge in [-0.05, 0) is 86.2 Å². The lowest BCUT2D eigenvalue weighted by molar-refractivity contribution is -0.138. The van der Waals surface area contributed by atoms with Gasteiger partial charge in [0.1, 0.15) is 0 Å². The Kier molecular flexibility index (Phi) is 9.74. The summed E-state index contributed by atoms with van der Waals surface area (Å²) in [7, 11) is 2.04. The standard InChI is InChI=1S/C32H46N2O3/c1-23-15-24(11-12-26(23)13-14-31(2,3)19-30(36)37)21-34(6)22-29(35)20-33-32(4,5)18-25-16-27-9-7-8-10-28(27)17-25/h7-15,25,29,33,35H,16-22H2,1-6H3,(H,36,37)/b14-13+/t29-/m1/s1. The quantitative estimate of drug-likeness (QED) is 0.336. The van der Waals surface area contributed by atoms with Gasteiger partial charge in [0.15, 0.2) is 0 Å². The van der Waals surface area contributed by atoms with Gasteiger partial charge in [0.25, 0.3) is 0 Å². The number of aliphatic hydroxyl groups excluding tert-OH is 1. The van der Waals surface area contributed by atoms with Gasteiger partial charge in [0, 0.05) is 25.2 Å². The molecule has 0 bridgehead atoms. The van der Waals surface area contributed by atoms with Crippen molar-refractivity contribution in [3.63, 3.8) is 0 Å². The third-order valence-electron chi connectivity index (χ3n) is 7.38. The molecule has 0 radical (unpaired) electrons. The van der Waals surface area contributed by atoms with E-state index in [1.54, 1.807) is 0 Å². The number of nitrogens with zero attached hydrogens (tertiary/aromatic N) is 1. The Labute approximate surface area is 223 Å². The lowest BCUT2D eigenvalue weighted by Gasteiger charge is -2.31. The molecule has 0 amide bonds. The molecule has 0 aromatic heterocycles. The second-order valence-corrected chi connectivity index (χ2v) is 12.4. The van der Waals surface area contributed by atoms with Crippen molar-refractivity contribution in [2.24, 2.45) is 11.3 Å². The highest BCUT2D eigenvalue weighted by atomic mass is 16.4. The van der Waals surface area contributed by atoms with E-state index in [1.165, 1.54) is 16.7 Å². The van der Waals surface area contributed by atoms with Gasteiger partial charge in [-0.1, -0.05) is 68.5 Å². The van der Waals surface area contributed by atoms with Crippen LogP contribution in [0.5, 0.6) is 0 Å². The first kappa shape index (κ1) is 29.1. The number of aliphatic hydroxyl groups is 1. The fourth-order valence-corrected chi connectivity index (χ4v) is 5.57. The van der Waals surface area contributed by atoms with E-state index < -0.39 is 17.5 Å². The molecule has 3 rings (SSSR count). The number of carboxylic acids is 1. The number of benzene rings is 2. The summed E-state index contributed by atoms with van der Waals surface area (Å²) in [4.78, 5) is 13.2. The summed E-state index contributed by atoms with van der Waals surface area (Å²) in [6.45, 7) is 12.4. The number of likely N-dealkylation sites (N-methyl/N-ethyl adjacent to an activating group) is 1. The Hall–Kier alpha value is -2.47. The predicted octanol–water partition coefficient (Wildman–Crippen LogP) is 5.48. The van der Waals surface area contributed by atoms with E-state index in [0.29, 0.717) is 19.0 Å². The zero-order chi connectivity index (χ0) is 27.2. The first-order chi connectivity index (χ1) is 17.3. The molecular formula is C32H46N2O3. The summed E-state index contributed by atoms with van der Waals surface area (Å²) >= 11 is 0. The van der Waals surface area contributed by atoms with E-state index in [9.17, 15) is 9.90 Å². The van der Waals surface area contributed by atoms with Crippen molar-refractivity contribution in [1.29, 1.82) is 0 Å². The number of aliphatic carboxylic acids is 1. The fraction of sp³-hybridized carbons (Fsp3) is 0.531. The van der Waals surface area contributed by atoms with E-state index >= 15 is 0 Å². The minimum Gasteiger partial charge on any atom is -0.481 e. The minimum atomic E-state index is -0.787. The highest BCUT2D eigenvalue weighted by Gasteiger charge is 2.28.